The molecule has 14 heavy (non-hydrogen) atoms. The van der Waals surface area contributed by atoms with Gasteiger partial charge in [0.15, 0.2) is 0 Å². The molecule has 0 amide bonds. The SMILES string of the molecule is CC(CO)COc1cc(F)cc(F)c1. The van der Waals surface area contributed by atoms with Gasteiger partial charge in [-0.3, -0.25) is 0 Å². The van der Waals surface area contributed by atoms with E-state index in [1.165, 1.54) is 0 Å². The molecule has 1 aromatic rings. The molecule has 0 saturated heterocycles. The summed E-state index contributed by atoms with van der Waals surface area (Å²) in [7, 11) is 0. The van der Waals surface area contributed by atoms with Crippen molar-refractivity contribution in [3.63, 3.8) is 0 Å². The van der Waals surface area contributed by atoms with Gasteiger partial charge in [-0.15, -0.1) is 0 Å². The number of benzene rings is 1. The number of rotatable bonds is 4. The third-order valence-electron chi connectivity index (χ3n) is 1.68. The highest BCUT2D eigenvalue weighted by molar-refractivity contribution is 5.23. The molecule has 0 saturated carbocycles. The molecule has 1 aromatic carbocycles. The molecular formula is C10H12F2O2. The lowest BCUT2D eigenvalue weighted by molar-refractivity contribution is 0.174. The highest BCUT2D eigenvalue weighted by Crippen LogP contribution is 2.15. The van der Waals surface area contributed by atoms with E-state index in [4.69, 9.17) is 9.84 Å². The number of aliphatic hydroxyl groups is 1. The third kappa shape index (κ3) is 3.30. The summed E-state index contributed by atoms with van der Waals surface area (Å²) in [5.41, 5.74) is 0. The largest absolute Gasteiger partial charge is 0.493 e. The summed E-state index contributed by atoms with van der Waals surface area (Å²) < 4.78 is 30.4. The van der Waals surface area contributed by atoms with E-state index in [1.54, 1.807) is 6.92 Å². The van der Waals surface area contributed by atoms with E-state index in [1.807, 2.05) is 0 Å². The molecule has 0 heterocycles. The number of hydrogen-bond donors (Lipinski definition) is 1. The average Bonchev–Trinajstić information content (AvgIpc) is 2.12. The second kappa shape index (κ2) is 4.91. The van der Waals surface area contributed by atoms with Crippen LogP contribution in [0.2, 0.25) is 0 Å². The Morgan fingerprint density at radius 2 is 1.86 bits per heavy atom. The van der Waals surface area contributed by atoms with Crippen molar-refractivity contribution >= 4 is 0 Å². The lowest BCUT2D eigenvalue weighted by Gasteiger charge is -2.10. The van der Waals surface area contributed by atoms with Gasteiger partial charge in [0.1, 0.15) is 17.4 Å². The van der Waals surface area contributed by atoms with Crippen LogP contribution in [-0.2, 0) is 0 Å². The minimum absolute atomic E-state index is 0.0161. The lowest BCUT2D eigenvalue weighted by atomic mass is 10.2. The summed E-state index contributed by atoms with van der Waals surface area (Å²) in [6.45, 7) is 1.99. The quantitative estimate of drug-likeness (QED) is 0.808. The first-order valence-corrected chi connectivity index (χ1v) is 4.31. The normalized spacial score (nSPS) is 12.6. The maximum atomic E-state index is 12.7. The van der Waals surface area contributed by atoms with Crippen molar-refractivity contribution in [3.05, 3.63) is 29.8 Å². The van der Waals surface area contributed by atoms with E-state index in [0.29, 0.717) is 0 Å². The van der Waals surface area contributed by atoms with E-state index in [0.717, 1.165) is 18.2 Å². The predicted molar refractivity (Wildman–Crippen MR) is 48.1 cm³/mol. The van der Waals surface area contributed by atoms with Gasteiger partial charge in [-0.25, -0.2) is 8.78 Å². The highest BCUT2D eigenvalue weighted by atomic mass is 19.1. The van der Waals surface area contributed by atoms with Crippen LogP contribution >= 0.6 is 0 Å². The summed E-state index contributed by atoms with van der Waals surface area (Å²) in [4.78, 5) is 0. The number of aliphatic hydroxyl groups excluding tert-OH is 1. The van der Waals surface area contributed by atoms with E-state index in [-0.39, 0.29) is 24.9 Å². The van der Waals surface area contributed by atoms with Gasteiger partial charge in [0.25, 0.3) is 0 Å². The lowest BCUT2D eigenvalue weighted by Crippen LogP contribution is -2.12. The number of ether oxygens (including phenoxy) is 1. The van der Waals surface area contributed by atoms with Crippen LogP contribution in [0.15, 0.2) is 18.2 Å². The van der Waals surface area contributed by atoms with Gasteiger partial charge in [-0.1, -0.05) is 6.92 Å². The molecule has 0 fully saturated rings. The van der Waals surface area contributed by atoms with Gasteiger partial charge in [-0.2, -0.15) is 0 Å². The van der Waals surface area contributed by atoms with Crippen molar-refractivity contribution in [2.75, 3.05) is 13.2 Å². The Hall–Kier alpha value is -1.16. The van der Waals surface area contributed by atoms with Crippen LogP contribution in [0.1, 0.15) is 6.92 Å². The van der Waals surface area contributed by atoms with Crippen molar-refractivity contribution < 1.29 is 18.6 Å². The van der Waals surface area contributed by atoms with Crippen LogP contribution in [0.4, 0.5) is 8.78 Å². The number of halogens is 2. The van der Waals surface area contributed by atoms with Gasteiger partial charge in [-0.05, 0) is 0 Å². The first-order valence-electron chi connectivity index (χ1n) is 4.31. The predicted octanol–water partition coefficient (Wildman–Crippen LogP) is 1.97. The molecular weight excluding hydrogens is 190 g/mol. The van der Waals surface area contributed by atoms with Crippen LogP contribution < -0.4 is 4.74 Å². The summed E-state index contributed by atoms with van der Waals surface area (Å²) in [5.74, 6) is -1.25. The van der Waals surface area contributed by atoms with Gasteiger partial charge in [0.2, 0.25) is 0 Å². The molecule has 0 aromatic heterocycles. The Kier molecular flexibility index (Phi) is 3.83. The first kappa shape index (κ1) is 10.9. The molecule has 4 heteroatoms. The summed E-state index contributed by atoms with van der Waals surface area (Å²) >= 11 is 0. The molecule has 1 N–H and O–H groups in total. The zero-order valence-electron chi connectivity index (χ0n) is 7.84. The van der Waals surface area contributed by atoms with Gasteiger partial charge < -0.3 is 9.84 Å². The minimum atomic E-state index is -0.670. The van der Waals surface area contributed by atoms with Crippen molar-refractivity contribution in [1.82, 2.24) is 0 Å². The fraction of sp³-hybridized carbons (Fsp3) is 0.400. The van der Waals surface area contributed by atoms with E-state index < -0.39 is 11.6 Å². The molecule has 0 bridgehead atoms. The minimum Gasteiger partial charge on any atom is -0.493 e. The smallest absolute Gasteiger partial charge is 0.129 e. The maximum absolute atomic E-state index is 12.7. The molecule has 0 aliphatic carbocycles. The molecule has 1 unspecified atom stereocenters. The van der Waals surface area contributed by atoms with Gasteiger partial charge in [0.05, 0.1) is 6.61 Å². The Morgan fingerprint density at radius 1 is 1.29 bits per heavy atom. The molecule has 2 nitrogen and oxygen atoms in total. The molecule has 1 rings (SSSR count). The molecule has 1 atom stereocenters. The summed E-state index contributed by atoms with van der Waals surface area (Å²) in [5, 5.41) is 8.69. The fourth-order valence-electron chi connectivity index (χ4n) is 0.903. The van der Waals surface area contributed by atoms with Crippen LogP contribution in [0, 0.1) is 17.6 Å². The fourth-order valence-corrected chi connectivity index (χ4v) is 0.903. The molecule has 0 aliphatic rings. The van der Waals surface area contributed by atoms with Crippen LogP contribution in [-0.4, -0.2) is 18.3 Å². The number of hydrogen-bond acceptors (Lipinski definition) is 2. The van der Waals surface area contributed by atoms with Crippen LogP contribution in [0.5, 0.6) is 5.75 Å². The Bertz CT molecular complexity index is 282. The van der Waals surface area contributed by atoms with E-state index >= 15 is 0 Å². The van der Waals surface area contributed by atoms with Crippen molar-refractivity contribution in [1.29, 1.82) is 0 Å². The summed E-state index contributed by atoms with van der Waals surface area (Å²) in [6.07, 6.45) is 0. The van der Waals surface area contributed by atoms with Crippen LogP contribution in [0.3, 0.4) is 0 Å². The van der Waals surface area contributed by atoms with E-state index in [2.05, 4.69) is 0 Å². The Labute approximate surface area is 81.1 Å². The van der Waals surface area contributed by atoms with Crippen molar-refractivity contribution in [3.8, 4) is 5.75 Å². The molecule has 0 spiro atoms. The van der Waals surface area contributed by atoms with E-state index in [9.17, 15) is 8.78 Å². The first-order chi connectivity index (χ1) is 6.61. The second-order valence-electron chi connectivity index (χ2n) is 3.20. The Morgan fingerprint density at radius 3 is 2.36 bits per heavy atom. The van der Waals surface area contributed by atoms with Gasteiger partial charge in [0, 0.05) is 30.7 Å². The summed E-state index contributed by atoms with van der Waals surface area (Å²) in [6, 6.07) is 2.99. The van der Waals surface area contributed by atoms with Crippen molar-refractivity contribution in [2.24, 2.45) is 5.92 Å². The topological polar surface area (TPSA) is 29.5 Å². The molecule has 0 aliphatic heterocycles. The maximum Gasteiger partial charge on any atom is 0.129 e. The van der Waals surface area contributed by atoms with Crippen molar-refractivity contribution in [2.45, 2.75) is 6.92 Å². The monoisotopic (exact) mass is 202 g/mol. The highest BCUT2D eigenvalue weighted by Gasteiger charge is 2.04. The zero-order chi connectivity index (χ0) is 10.6. The molecule has 0 radical (unpaired) electrons. The third-order valence-corrected chi connectivity index (χ3v) is 1.68. The molecule has 78 valence electrons. The average molecular weight is 202 g/mol. The Balaban J connectivity index is 2.58. The zero-order valence-corrected chi connectivity index (χ0v) is 7.84. The second-order valence-corrected chi connectivity index (χ2v) is 3.20. The van der Waals surface area contributed by atoms with Gasteiger partial charge >= 0.3 is 0 Å². The standard InChI is InChI=1S/C10H12F2O2/c1-7(5-13)6-14-10-3-8(11)2-9(12)4-10/h2-4,7,13H,5-6H2,1H3. The van der Waals surface area contributed by atoms with Crippen LogP contribution in [0.25, 0.3) is 0 Å².